The number of carbonyl (C=O) groups excluding carboxylic acids is 1. The van der Waals surface area contributed by atoms with Gasteiger partial charge in [0, 0.05) is 17.8 Å². The Kier molecular flexibility index (Phi) is 5.88. The quantitative estimate of drug-likeness (QED) is 0.291. The Morgan fingerprint density at radius 2 is 1.65 bits per heavy atom. The first-order chi connectivity index (χ1) is 15.9. The second kappa shape index (κ2) is 7.96. The van der Waals surface area contributed by atoms with Gasteiger partial charge in [0.1, 0.15) is 17.3 Å². The van der Waals surface area contributed by atoms with Crippen LogP contribution in [0.2, 0.25) is 0 Å². The average molecular weight is 473 g/mol. The van der Waals surface area contributed by atoms with Crippen molar-refractivity contribution in [2.24, 2.45) is 45.8 Å². The number of epoxide rings is 1. The highest BCUT2D eigenvalue weighted by Crippen LogP contribution is 2.85. The van der Waals surface area contributed by atoms with Crippen molar-refractivity contribution in [2.75, 3.05) is 0 Å². The second-order valence-corrected chi connectivity index (χ2v) is 14.6. The maximum Gasteiger partial charge on any atom is 0.302 e. The van der Waals surface area contributed by atoms with Crippen LogP contribution in [-0.2, 0) is 14.3 Å². The molecule has 5 aliphatic rings. The van der Waals surface area contributed by atoms with Crippen molar-refractivity contribution in [3.05, 3.63) is 0 Å². The number of esters is 1. The average Bonchev–Trinajstić information content (AvgIpc) is 3.39. The van der Waals surface area contributed by atoms with Crippen LogP contribution in [-0.4, -0.2) is 23.3 Å². The van der Waals surface area contributed by atoms with Gasteiger partial charge in [-0.3, -0.25) is 4.79 Å². The summed E-state index contributed by atoms with van der Waals surface area (Å²) in [6.45, 7) is 19.1. The molecule has 0 aromatic heterocycles. The van der Waals surface area contributed by atoms with Crippen molar-refractivity contribution in [2.45, 2.75) is 143 Å². The summed E-state index contributed by atoms with van der Waals surface area (Å²) in [5.41, 5.74) is 1.04. The van der Waals surface area contributed by atoms with Crippen LogP contribution in [0.15, 0.2) is 0 Å². The van der Waals surface area contributed by atoms with E-state index in [9.17, 15) is 4.79 Å². The van der Waals surface area contributed by atoms with Crippen molar-refractivity contribution in [3.8, 4) is 0 Å². The molecule has 1 aliphatic heterocycles. The van der Waals surface area contributed by atoms with Crippen molar-refractivity contribution in [1.82, 2.24) is 0 Å². The summed E-state index contributed by atoms with van der Waals surface area (Å²) >= 11 is 0. The first-order valence-corrected chi connectivity index (χ1v) is 14.7. The van der Waals surface area contributed by atoms with Crippen LogP contribution < -0.4 is 0 Å². The molecule has 1 heterocycles. The summed E-state index contributed by atoms with van der Waals surface area (Å²) in [5.74, 6) is 3.38. The van der Waals surface area contributed by atoms with Crippen LogP contribution in [0.4, 0.5) is 0 Å². The van der Waals surface area contributed by atoms with Gasteiger partial charge >= 0.3 is 5.97 Å². The van der Waals surface area contributed by atoms with E-state index in [0.717, 1.165) is 30.6 Å². The Morgan fingerprint density at radius 1 is 0.912 bits per heavy atom. The summed E-state index contributed by atoms with van der Waals surface area (Å²) in [6.07, 6.45) is 14.1. The first kappa shape index (κ1) is 25.1. The summed E-state index contributed by atoms with van der Waals surface area (Å²) < 4.78 is 13.1. The van der Waals surface area contributed by atoms with Crippen molar-refractivity contribution >= 4 is 5.97 Å². The monoisotopic (exact) mass is 472 g/mol. The molecule has 4 saturated carbocycles. The number of hydrogen-bond acceptors (Lipinski definition) is 3. The van der Waals surface area contributed by atoms with E-state index in [4.69, 9.17) is 9.47 Å². The highest BCUT2D eigenvalue weighted by molar-refractivity contribution is 5.66. The number of fused-ring (bicyclic) bond motifs is 2. The highest BCUT2D eigenvalue weighted by Gasteiger charge is 2.89. The molecule has 5 fully saturated rings. The van der Waals surface area contributed by atoms with Gasteiger partial charge in [0.2, 0.25) is 0 Å². The Labute approximate surface area is 209 Å². The fourth-order valence-corrected chi connectivity index (χ4v) is 11.0. The molecule has 0 aromatic carbocycles. The summed E-state index contributed by atoms with van der Waals surface area (Å²) in [4.78, 5) is 11.7. The summed E-state index contributed by atoms with van der Waals surface area (Å²) in [5, 5.41) is 0. The molecular weight excluding hydrogens is 420 g/mol. The second-order valence-electron chi connectivity index (χ2n) is 14.6. The van der Waals surface area contributed by atoms with Crippen molar-refractivity contribution in [1.29, 1.82) is 0 Å². The number of ether oxygens (including phenoxy) is 2. The minimum atomic E-state index is -0.119. The fourth-order valence-electron chi connectivity index (χ4n) is 11.0. The lowest BCUT2D eigenvalue weighted by atomic mass is 9.39. The van der Waals surface area contributed by atoms with Gasteiger partial charge in [-0.15, -0.1) is 0 Å². The minimum absolute atomic E-state index is 0.0579. The SMILES string of the molecule is CC(=O)O[C@H]1CC[C@@]2(C)[C@@H](CC[C@@]34O[C@]32CC[C@]2(C)[C@@H]([C@H](C)CCCC(C)C)CC[C@@]42C)[C@@H]1C. The van der Waals surface area contributed by atoms with Gasteiger partial charge in [-0.1, -0.05) is 67.7 Å². The molecule has 3 nitrogen and oxygen atoms in total. The number of carbonyl (C=O) groups is 1. The third kappa shape index (κ3) is 3.00. The molecule has 10 atom stereocenters. The predicted molar refractivity (Wildman–Crippen MR) is 137 cm³/mol. The molecule has 3 heteroatoms. The van der Waals surface area contributed by atoms with E-state index in [1.165, 1.54) is 57.8 Å². The highest BCUT2D eigenvalue weighted by atomic mass is 16.6. The molecule has 194 valence electrons. The van der Waals surface area contributed by atoms with E-state index in [2.05, 4.69) is 48.5 Å². The van der Waals surface area contributed by atoms with Gasteiger partial charge in [0.25, 0.3) is 0 Å². The topological polar surface area (TPSA) is 38.8 Å². The van der Waals surface area contributed by atoms with E-state index in [1.807, 2.05) is 0 Å². The van der Waals surface area contributed by atoms with Crippen molar-refractivity contribution < 1.29 is 14.3 Å². The Morgan fingerprint density at radius 3 is 2.32 bits per heavy atom. The summed E-state index contributed by atoms with van der Waals surface area (Å²) in [7, 11) is 0. The Bertz CT molecular complexity index is 821. The van der Waals surface area contributed by atoms with Crippen LogP contribution >= 0.6 is 0 Å². The van der Waals surface area contributed by atoms with Crippen LogP contribution in [0, 0.1) is 45.8 Å². The smallest absolute Gasteiger partial charge is 0.302 e. The Balaban J connectivity index is 1.39. The largest absolute Gasteiger partial charge is 0.462 e. The predicted octanol–water partition coefficient (Wildman–Crippen LogP) is 7.95. The third-order valence-electron chi connectivity index (χ3n) is 13.0. The van der Waals surface area contributed by atoms with Gasteiger partial charge in [-0.05, 0) is 86.4 Å². The summed E-state index contributed by atoms with van der Waals surface area (Å²) in [6, 6.07) is 0. The van der Waals surface area contributed by atoms with Gasteiger partial charge in [0.15, 0.2) is 0 Å². The molecule has 34 heavy (non-hydrogen) atoms. The fraction of sp³-hybridized carbons (Fsp3) is 0.968. The van der Waals surface area contributed by atoms with E-state index < -0.39 is 0 Å². The molecule has 4 aliphatic carbocycles. The molecule has 5 rings (SSSR count). The van der Waals surface area contributed by atoms with Crippen LogP contribution in [0.5, 0.6) is 0 Å². The van der Waals surface area contributed by atoms with Gasteiger partial charge in [0.05, 0.1) is 0 Å². The maximum atomic E-state index is 11.7. The first-order valence-electron chi connectivity index (χ1n) is 14.7. The number of rotatable bonds is 6. The molecule has 0 amide bonds. The van der Waals surface area contributed by atoms with Crippen LogP contribution in [0.25, 0.3) is 0 Å². The molecule has 0 spiro atoms. The molecular formula is C31H52O3. The molecule has 0 aromatic rings. The van der Waals surface area contributed by atoms with E-state index in [-0.39, 0.29) is 28.7 Å². The standard InChI is InChI=1S/C31H52O3/c1-20(2)10-9-11-21(3)24-12-16-29(8)27(24,6)18-19-30-28(7)15-14-26(33-23(5)32)22(4)25(28)13-17-31(29,30)34-30/h20-22,24-26H,9-19H2,1-8H3/t21-,22+,24-,25+,26+,27-,28+,29-,30+,31+/m1/s1. The van der Waals surface area contributed by atoms with Gasteiger partial charge in [-0.2, -0.15) is 0 Å². The zero-order chi connectivity index (χ0) is 24.7. The van der Waals surface area contributed by atoms with Crippen molar-refractivity contribution in [3.63, 3.8) is 0 Å². The third-order valence-corrected chi connectivity index (χ3v) is 13.0. The molecule has 0 bridgehead atoms. The van der Waals surface area contributed by atoms with E-state index in [1.54, 1.807) is 6.92 Å². The molecule has 0 N–H and O–H groups in total. The lowest BCUT2D eigenvalue weighted by molar-refractivity contribution is -0.164. The van der Waals surface area contributed by atoms with E-state index in [0.29, 0.717) is 22.7 Å². The van der Waals surface area contributed by atoms with Gasteiger partial charge in [-0.25, -0.2) is 0 Å². The Hall–Kier alpha value is -0.570. The van der Waals surface area contributed by atoms with Crippen LogP contribution in [0.3, 0.4) is 0 Å². The molecule has 0 unspecified atom stereocenters. The lowest BCUT2D eigenvalue weighted by Crippen LogP contribution is -2.65. The molecule has 0 radical (unpaired) electrons. The minimum Gasteiger partial charge on any atom is -0.462 e. The van der Waals surface area contributed by atoms with Gasteiger partial charge < -0.3 is 9.47 Å². The maximum absolute atomic E-state index is 11.7. The zero-order valence-electron chi connectivity index (χ0n) is 23.5. The lowest BCUT2D eigenvalue weighted by Gasteiger charge is -2.62. The zero-order valence-corrected chi connectivity index (χ0v) is 23.5. The van der Waals surface area contributed by atoms with Crippen LogP contribution in [0.1, 0.15) is 126 Å². The molecule has 1 saturated heterocycles. The van der Waals surface area contributed by atoms with E-state index >= 15 is 0 Å². The normalized spacial score (nSPS) is 52.3. The number of hydrogen-bond donors (Lipinski definition) is 0.